The van der Waals surface area contributed by atoms with E-state index in [0.29, 0.717) is 12.5 Å². The molecule has 2 aliphatic heterocycles. The fraction of sp³-hybridized carbons (Fsp3) is 0.900. The molecular formula is C20H35N3O3. The Bertz CT molecular complexity index is 475. The zero-order valence-corrected chi connectivity index (χ0v) is 16.4. The SMILES string of the molecule is CC1CN(CC(=O)NC2CCN(C(=O)C3CCCCC3)CC2)CC(C)O1. The standard InChI is InChI=1S/C20H35N3O3/c1-15-12-22(13-16(2)26-15)14-19(24)21-18-8-10-23(11-9-18)20(25)17-6-4-3-5-7-17/h15-18H,3-14H2,1-2H3,(H,21,24). The molecule has 0 aromatic rings. The van der Waals surface area contributed by atoms with Crippen molar-refractivity contribution in [2.45, 2.75) is 77.0 Å². The summed E-state index contributed by atoms with van der Waals surface area (Å²) in [6.45, 7) is 7.74. The van der Waals surface area contributed by atoms with Gasteiger partial charge in [0.2, 0.25) is 11.8 Å². The molecule has 0 radical (unpaired) electrons. The molecule has 1 aliphatic carbocycles. The van der Waals surface area contributed by atoms with Gasteiger partial charge in [-0.1, -0.05) is 19.3 Å². The minimum atomic E-state index is 0.100. The summed E-state index contributed by atoms with van der Waals surface area (Å²) in [7, 11) is 0. The number of nitrogens with zero attached hydrogens (tertiary/aromatic N) is 2. The van der Waals surface area contributed by atoms with Crippen molar-refractivity contribution in [3.05, 3.63) is 0 Å². The van der Waals surface area contributed by atoms with Crippen LogP contribution in [-0.4, -0.2) is 72.6 Å². The van der Waals surface area contributed by atoms with Gasteiger partial charge in [0.25, 0.3) is 0 Å². The number of amides is 2. The van der Waals surface area contributed by atoms with Gasteiger partial charge in [0.15, 0.2) is 0 Å². The van der Waals surface area contributed by atoms with Crippen LogP contribution in [0.2, 0.25) is 0 Å². The molecular weight excluding hydrogens is 330 g/mol. The van der Waals surface area contributed by atoms with E-state index in [0.717, 1.165) is 51.9 Å². The Kier molecular flexibility index (Phi) is 6.92. The zero-order valence-electron chi connectivity index (χ0n) is 16.4. The van der Waals surface area contributed by atoms with Crippen molar-refractivity contribution in [2.24, 2.45) is 5.92 Å². The van der Waals surface area contributed by atoms with Gasteiger partial charge in [-0.2, -0.15) is 0 Å². The molecule has 1 saturated carbocycles. The first-order valence-corrected chi connectivity index (χ1v) is 10.5. The second-order valence-electron chi connectivity index (χ2n) is 8.45. The van der Waals surface area contributed by atoms with Crippen LogP contribution >= 0.6 is 0 Å². The molecule has 6 nitrogen and oxygen atoms in total. The van der Waals surface area contributed by atoms with Crippen LogP contribution in [0.5, 0.6) is 0 Å². The lowest BCUT2D eigenvalue weighted by atomic mass is 9.87. The van der Waals surface area contributed by atoms with Crippen molar-refractivity contribution in [3.63, 3.8) is 0 Å². The molecule has 0 spiro atoms. The Labute approximate surface area is 157 Å². The second-order valence-corrected chi connectivity index (χ2v) is 8.45. The highest BCUT2D eigenvalue weighted by molar-refractivity contribution is 5.79. The van der Waals surface area contributed by atoms with E-state index in [-0.39, 0.29) is 30.1 Å². The molecule has 6 heteroatoms. The van der Waals surface area contributed by atoms with Crippen molar-refractivity contribution in [2.75, 3.05) is 32.7 Å². The molecule has 0 aromatic heterocycles. The van der Waals surface area contributed by atoms with Gasteiger partial charge in [-0.15, -0.1) is 0 Å². The molecule has 1 N–H and O–H groups in total. The highest BCUT2D eigenvalue weighted by Crippen LogP contribution is 2.26. The molecule has 0 aromatic carbocycles. The molecule has 3 aliphatic rings. The smallest absolute Gasteiger partial charge is 0.234 e. The summed E-state index contributed by atoms with van der Waals surface area (Å²) in [6, 6.07) is 0.203. The van der Waals surface area contributed by atoms with Crippen LogP contribution in [0.4, 0.5) is 0 Å². The van der Waals surface area contributed by atoms with Gasteiger partial charge >= 0.3 is 0 Å². The van der Waals surface area contributed by atoms with Crippen molar-refractivity contribution >= 4 is 11.8 Å². The quantitative estimate of drug-likeness (QED) is 0.825. The number of rotatable bonds is 4. The summed E-state index contributed by atoms with van der Waals surface area (Å²) in [6.07, 6.45) is 7.90. The third-order valence-electron chi connectivity index (χ3n) is 5.99. The van der Waals surface area contributed by atoms with Gasteiger partial charge < -0.3 is 15.0 Å². The number of piperidine rings is 1. The van der Waals surface area contributed by atoms with Gasteiger partial charge in [-0.25, -0.2) is 0 Å². The van der Waals surface area contributed by atoms with E-state index in [4.69, 9.17) is 4.74 Å². The minimum Gasteiger partial charge on any atom is -0.373 e. The van der Waals surface area contributed by atoms with E-state index in [1.807, 2.05) is 4.90 Å². The first kappa shape index (κ1) is 19.6. The minimum absolute atomic E-state index is 0.100. The van der Waals surface area contributed by atoms with E-state index in [2.05, 4.69) is 24.1 Å². The molecule has 2 saturated heterocycles. The lowest BCUT2D eigenvalue weighted by Gasteiger charge is -2.37. The van der Waals surface area contributed by atoms with Gasteiger partial charge in [-0.05, 0) is 39.5 Å². The summed E-state index contributed by atoms with van der Waals surface area (Å²) >= 11 is 0. The normalized spacial score (nSPS) is 29.5. The summed E-state index contributed by atoms with van der Waals surface area (Å²) in [4.78, 5) is 29.2. The first-order chi connectivity index (χ1) is 12.5. The average Bonchev–Trinajstić information content (AvgIpc) is 2.61. The molecule has 2 heterocycles. The molecule has 2 amide bonds. The highest BCUT2D eigenvalue weighted by atomic mass is 16.5. The number of carbonyl (C=O) groups excluding carboxylic acids is 2. The number of carbonyl (C=O) groups is 2. The summed E-state index contributed by atoms with van der Waals surface area (Å²) < 4.78 is 5.72. The molecule has 2 unspecified atom stereocenters. The van der Waals surface area contributed by atoms with Crippen molar-refractivity contribution in [1.82, 2.24) is 15.1 Å². The zero-order chi connectivity index (χ0) is 18.5. The molecule has 26 heavy (non-hydrogen) atoms. The highest BCUT2D eigenvalue weighted by Gasteiger charge is 2.30. The van der Waals surface area contributed by atoms with E-state index >= 15 is 0 Å². The van der Waals surface area contributed by atoms with Crippen LogP contribution in [0.1, 0.15) is 58.8 Å². The van der Waals surface area contributed by atoms with Crippen LogP contribution in [0, 0.1) is 5.92 Å². The lowest BCUT2D eigenvalue weighted by Crippen LogP contribution is -2.52. The van der Waals surface area contributed by atoms with Crippen LogP contribution in [-0.2, 0) is 14.3 Å². The van der Waals surface area contributed by atoms with Crippen LogP contribution in [0.3, 0.4) is 0 Å². The third kappa shape index (κ3) is 5.43. The monoisotopic (exact) mass is 365 g/mol. The Balaban J connectivity index is 1.38. The Morgan fingerprint density at radius 2 is 1.58 bits per heavy atom. The second kappa shape index (κ2) is 9.18. The Hall–Kier alpha value is -1.14. The molecule has 148 valence electrons. The van der Waals surface area contributed by atoms with Crippen LogP contribution in [0.15, 0.2) is 0 Å². The average molecular weight is 366 g/mol. The van der Waals surface area contributed by atoms with Crippen LogP contribution < -0.4 is 5.32 Å². The predicted octanol–water partition coefficient (Wildman–Crippen LogP) is 1.78. The first-order valence-electron chi connectivity index (χ1n) is 10.5. The van der Waals surface area contributed by atoms with Crippen molar-refractivity contribution < 1.29 is 14.3 Å². The maximum absolute atomic E-state index is 12.6. The van der Waals surface area contributed by atoms with Crippen molar-refractivity contribution in [3.8, 4) is 0 Å². The number of nitrogens with one attached hydrogen (secondary N) is 1. The summed E-state index contributed by atoms with van der Waals surface area (Å²) in [5.41, 5.74) is 0. The largest absolute Gasteiger partial charge is 0.373 e. The number of hydrogen-bond acceptors (Lipinski definition) is 4. The van der Waals surface area contributed by atoms with E-state index in [9.17, 15) is 9.59 Å². The topological polar surface area (TPSA) is 61.9 Å². The third-order valence-corrected chi connectivity index (χ3v) is 5.99. The molecule has 3 rings (SSSR count). The maximum Gasteiger partial charge on any atom is 0.234 e. The summed E-state index contributed by atoms with van der Waals surface area (Å²) in [5.74, 6) is 0.703. The number of ether oxygens (including phenoxy) is 1. The van der Waals surface area contributed by atoms with E-state index in [1.54, 1.807) is 0 Å². The molecule has 0 bridgehead atoms. The number of hydrogen-bond donors (Lipinski definition) is 1. The molecule has 2 atom stereocenters. The fourth-order valence-corrected chi connectivity index (χ4v) is 4.74. The number of likely N-dealkylation sites (tertiary alicyclic amines) is 1. The van der Waals surface area contributed by atoms with Gasteiger partial charge in [0, 0.05) is 38.1 Å². The fourth-order valence-electron chi connectivity index (χ4n) is 4.74. The van der Waals surface area contributed by atoms with Crippen molar-refractivity contribution in [1.29, 1.82) is 0 Å². The number of morpholine rings is 1. The summed E-state index contributed by atoms with van der Waals surface area (Å²) in [5, 5.41) is 3.18. The van der Waals surface area contributed by atoms with Crippen LogP contribution in [0.25, 0.3) is 0 Å². The Morgan fingerprint density at radius 3 is 2.19 bits per heavy atom. The Morgan fingerprint density at radius 1 is 0.962 bits per heavy atom. The van der Waals surface area contributed by atoms with Gasteiger partial charge in [0.05, 0.1) is 18.8 Å². The van der Waals surface area contributed by atoms with Gasteiger partial charge in [0.1, 0.15) is 0 Å². The predicted molar refractivity (Wildman–Crippen MR) is 101 cm³/mol. The lowest BCUT2D eigenvalue weighted by molar-refractivity contribution is -0.137. The van der Waals surface area contributed by atoms with Gasteiger partial charge in [-0.3, -0.25) is 14.5 Å². The molecule has 3 fully saturated rings. The van der Waals surface area contributed by atoms with E-state index < -0.39 is 0 Å². The van der Waals surface area contributed by atoms with E-state index in [1.165, 1.54) is 19.3 Å². The maximum atomic E-state index is 12.6.